The van der Waals surface area contributed by atoms with Crippen LogP contribution in [0, 0.1) is 13.8 Å². The number of rotatable bonds is 5. The van der Waals surface area contributed by atoms with Crippen LogP contribution < -0.4 is 5.32 Å². The zero-order valence-corrected chi connectivity index (χ0v) is 16.5. The van der Waals surface area contributed by atoms with Crippen LogP contribution in [0.3, 0.4) is 0 Å². The van der Waals surface area contributed by atoms with Gasteiger partial charge in [0.1, 0.15) is 0 Å². The van der Waals surface area contributed by atoms with Gasteiger partial charge in [-0.2, -0.15) is 0 Å². The molecule has 0 fully saturated rings. The van der Waals surface area contributed by atoms with Gasteiger partial charge in [-0.1, -0.05) is 62.0 Å². The summed E-state index contributed by atoms with van der Waals surface area (Å²) in [7, 11) is 0. The first-order chi connectivity index (χ1) is 12.5. The molecular weight excluding hydrogens is 340 g/mol. The maximum atomic E-state index is 12.4. The highest BCUT2D eigenvalue weighted by Crippen LogP contribution is 2.27. The summed E-state index contributed by atoms with van der Waals surface area (Å²) in [4.78, 5) is 17.2. The van der Waals surface area contributed by atoms with Gasteiger partial charge in [-0.3, -0.25) is 4.79 Å². The van der Waals surface area contributed by atoms with Crippen molar-refractivity contribution in [1.29, 1.82) is 0 Å². The zero-order valence-electron chi connectivity index (χ0n) is 15.7. The van der Waals surface area contributed by atoms with E-state index in [0.29, 0.717) is 11.7 Å². The summed E-state index contributed by atoms with van der Waals surface area (Å²) in [6.07, 6.45) is 0. The highest BCUT2D eigenvalue weighted by molar-refractivity contribution is 7.99. The van der Waals surface area contributed by atoms with Crippen LogP contribution in [0.15, 0.2) is 53.6 Å². The molecule has 1 aromatic heterocycles. The Morgan fingerprint density at radius 2 is 1.85 bits per heavy atom. The molecule has 134 valence electrons. The molecule has 0 atom stereocenters. The Bertz CT molecular complexity index is 950. The molecule has 0 saturated heterocycles. The normalized spacial score (nSPS) is 11.1. The first-order valence-electron chi connectivity index (χ1n) is 8.84. The Kier molecular flexibility index (Phi) is 5.62. The number of anilines is 1. The van der Waals surface area contributed by atoms with Crippen molar-refractivity contribution in [2.75, 3.05) is 11.1 Å². The molecule has 3 nitrogen and oxygen atoms in total. The number of fused-ring (bicyclic) bond motifs is 1. The monoisotopic (exact) mass is 364 g/mol. The number of nitrogens with zero attached hydrogens (tertiary/aromatic N) is 1. The van der Waals surface area contributed by atoms with Crippen molar-refractivity contribution in [3.63, 3.8) is 0 Å². The van der Waals surface area contributed by atoms with E-state index in [9.17, 15) is 4.79 Å². The third kappa shape index (κ3) is 4.07. The number of thioether (sulfide) groups is 1. The lowest BCUT2D eigenvalue weighted by Crippen LogP contribution is -2.15. The van der Waals surface area contributed by atoms with Crippen molar-refractivity contribution < 1.29 is 4.79 Å². The Hall–Kier alpha value is -2.33. The first-order valence-corrected chi connectivity index (χ1v) is 9.83. The lowest BCUT2D eigenvalue weighted by molar-refractivity contribution is -0.113. The molecule has 26 heavy (non-hydrogen) atoms. The van der Waals surface area contributed by atoms with Crippen molar-refractivity contribution in [2.45, 2.75) is 38.6 Å². The summed E-state index contributed by atoms with van der Waals surface area (Å²) >= 11 is 1.48. The van der Waals surface area contributed by atoms with Gasteiger partial charge in [0.05, 0.1) is 16.3 Å². The van der Waals surface area contributed by atoms with E-state index in [2.05, 4.69) is 63.3 Å². The van der Waals surface area contributed by atoms with E-state index in [1.54, 1.807) is 0 Å². The van der Waals surface area contributed by atoms with Crippen LogP contribution in [0.4, 0.5) is 5.69 Å². The summed E-state index contributed by atoms with van der Waals surface area (Å²) in [5.74, 6) is 0.704. The summed E-state index contributed by atoms with van der Waals surface area (Å²) < 4.78 is 0. The van der Waals surface area contributed by atoms with Gasteiger partial charge in [0.25, 0.3) is 0 Å². The second-order valence-electron chi connectivity index (χ2n) is 6.83. The molecule has 1 heterocycles. The van der Waals surface area contributed by atoms with E-state index in [1.807, 2.05) is 18.2 Å². The van der Waals surface area contributed by atoms with Gasteiger partial charge in [-0.15, -0.1) is 0 Å². The van der Waals surface area contributed by atoms with Gasteiger partial charge in [0.15, 0.2) is 0 Å². The molecule has 2 aromatic carbocycles. The number of hydrogen-bond acceptors (Lipinski definition) is 3. The summed E-state index contributed by atoms with van der Waals surface area (Å²) in [5, 5.41) is 5.09. The highest BCUT2D eigenvalue weighted by Gasteiger charge is 2.11. The SMILES string of the molecule is Cc1cc(SCC(=O)Nc2ccccc2C(C)C)nc2c(C)cccc12. The van der Waals surface area contributed by atoms with Crippen LogP contribution in [0.25, 0.3) is 10.9 Å². The maximum Gasteiger partial charge on any atom is 0.234 e. The average Bonchev–Trinajstić information content (AvgIpc) is 2.61. The van der Waals surface area contributed by atoms with Crippen LogP contribution in [0.5, 0.6) is 0 Å². The molecule has 0 saturated carbocycles. The topological polar surface area (TPSA) is 42.0 Å². The maximum absolute atomic E-state index is 12.4. The van der Waals surface area contributed by atoms with Crippen molar-refractivity contribution in [3.05, 3.63) is 65.2 Å². The van der Waals surface area contributed by atoms with E-state index in [-0.39, 0.29) is 5.91 Å². The van der Waals surface area contributed by atoms with Crippen molar-refractivity contribution in [2.24, 2.45) is 0 Å². The standard InChI is InChI=1S/C22H24N2OS/c1-14(2)17-9-5-6-11-19(17)23-20(25)13-26-21-12-16(4)18-10-7-8-15(3)22(18)24-21/h5-12,14H,13H2,1-4H3,(H,23,25). The van der Waals surface area contributed by atoms with Crippen LogP contribution in [0.2, 0.25) is 0 Å². The largest absolute Gasteiger partial charge is 0.325 e. The number of para-hydroxylation sites is 2. The Morgan fingerprint density at radius 3 is 2.62 bits per heavy atom. The molecule has 0 unspecified atom stereocenters. The number of pyridine rings is 1. The van der Waals surface area contributed by atoms with E-state index >= 15 is 0 Å². The number of nitrogens with one attached hydrogen (secondary N) is 1. The lowest BCUT2D eigenvalue weighted by atomic mass is 10.0. The smallest absolute Gasteiger partial charge is 0.234 e. The van der Waals surface area contributed by atoms with Crippen LogP contribution in [-0.2, 0) is 4.79 Å². The fourth-order valence-corrected chi connectivity index (χ4v) is 3.81. The van der Waals surface area contributed by atoms with Crippen LogP contribution >= 0.6 is 11.8 Å². The fraction of sp³-hybridized carbons (Fsp3) is 0.273. The number of carbonyl (C=O) groups excluding carboxylic acids is 1. The predicted molar refractivity (Wildman–Crippen MR) is 111 cm³/mol. The number of carbonyl (C=O) groups is 1. The molecule has 3 aromatic rings. The van der Waals surface area contributed by atoms with Crippen LogP contribution in [0.1, 0.15) is 36.5 Å². The number of aromatic nitrogens is 1. The number of aryl methyl sites for hydroxylation is 2. The summed E-state index contributed by atoms with van der Waals surface area (Å²) in [5.41, 5.74) is 5.41. The van der Waals surface area contributed by atoms with Gasteiger partial charge in [0, 0.05) is 11.1 Å². The Balaban J connectivity index is 1.72. The third-order valence-corrected chi connectivity index (χ3v) is 5.34. The quantitative estimate of drug-likeness (QED) is 0.590. The minimum atomic E-state index is -0.00701. The van der Waals surface area contributed by atoms with Gasteiger partial charge < -0.3 is 5.32 Å². The number of benzene rings is 2. The molecule has 0 aliphatic heterocycles. The van der Waals surface area contributed by atoms with Crippen molar-refractivity contribution >= 4 is 34.3 Å². The Labute approximate surface area is 159 Å². The van der Waals surface area contributed by atoms with E-state index in [1.165, 1.54) is 22.7 Å². The van der Waals surface area contributed by atoms with Gasteiger partial charge >= 0.3 is 0 Å². The zero-order chi connectivity index (χ0) is 18.7. The lowest BCUT2D eigenvalue weighted by Gasteiger charge is -2.13. The molecule has 0 aliphatic carbocycles. The van der Waals surface area contributed by atoms with Crippen molar-refractivity contribution in [3.8, 4) is 0 Å². The minimum Gasteiger partial charge on any atom is -0.325 e. The van der Waals surface area contributed by atoms with E-state index in [0.717, 1.165) is 27.4 Å². The first kappa shape index (κ1) is 18.5. The molecule has 1 amide bonds. The second-order valence-corrected chi connectivity index (χ2v) is 7.82. The van der Waals surface area contributed by atoms with Gasteiger partial charge in [-0.25, -0.2) is 4.98 Å². The van der Waals surface area contributed by atoms with Crippen LogP contribution in [-0.4, -0.2) is 16.6 Å². The average molecular weight is 365 g/mol. The molecule has 1 N–H and O–H groups in total. The second kappa shape index (κ2) is 7.92. The molecule has 0 bridgehead atoms. The van der Waals surface area contributed by atoms with E-state index in [4.69, 9.17) is 4.98 Å². The summed E-state index contributed by atoms with van der Waals surface area (Å²) in [6.45, 7) is 8.42. The third-order valence-electron chi connectivity index (χ3n) is 4.43. The van der Waals surface area contributed by atoms with Crippen molar-refractivity contribution in [1.82, 2.24) is 4.98 Å². The number of hydrogen-bond donors (Lipinski definition) is 1. The fourth-order valence-electron chi connectivity index (χ4n) is 3.05. The van der Waals surface area contributed by atoms with E-state index < -0.39 is 0 Å². The van der Waals surface area contributed by atoms with Gasteiger partial charge in [0.2, 0.25) is 5.91 Å². The molecule has 3 rings (SSSR count). The number of amides is 1. The Morgan fingerprint density at radius 1 is 1.08 bits per heavy atom. The molecule has 4 heteroatoms. The predicted octanol–water partition coefficient (Wildman–Crippen LogP) is 5.71. The van der Waals surface area contributed by atoms with Gasteiger partial charge in [-0.05, 0) is 48.6 Å². The molecule has 0 aliphatic rings. The highest BCUT2D eigenvalue weighted by atomic mass is 32.2. The summed E-state index contributed by atoms with van der Waals surface area (Å²) in [6, 6.07) is 16.2. The molecule has 0 spiro atoms. The molecule has 0 radical (unpaired) electrons. The minimum absolute atomic E-state index is 0.00701. The molecular formula is C22H24N2OS.